The van der Waals surface area contributed by atoms with E-state index in [9.17, 15) is 18.7 Å². The molecule has 0 saturated heterocycles. The van der Waals surface area contributed by atoms with Crippen molar-refractivity contribution in [1.29, 1.82) is 0 Å². The first-order valence-electron chi connectivity index (χ1n) is 7.02. The molecule has 5 nitrogen and oxygen atoms in total. The predicted molar refractivity (Wildman–Crippen MR) is 79.1 cm³/mol. The SMILES string of the molecule is CCOc1ncccc1C(=O)NCC(O)c1ccc(F)c(F)c1. The fourth-order valence-corrected chi connectivity index (χ4v) is 1.94. The molecule has 1 aromatic heterocycles. The molecule has 0 aliphatic rings. The van der Waals surface area contributed by atoms with E-state index in [1.807, 2.05) is 0 Å². The van der Waals surface area contributed by atoms with Gasteiger partial charge in [-0.1, -0.05) is 6.07 Å². The second-order valence-electron chi connectivity index (χ2n) is 4.69. The minimum absolute atomic E-state index is 0.162. The smallest absolute Gasteiger partial charge is 0.256 e. The van der Waals surface area contributed by atoms with Crippen molar-refractivity contribution in [2.75, 3.05) is 13.2 Å². The van der Waals surface area contributed by atoms with Gasteiger partial charge in [-0.2, -0.15) is 0 Å². The lowest BCUT2D eigenvalue weighted by Crippen LogP contribution is -2.29. The number of aliphatic hydroxyl groups excluding tert-OH is 1. The van der Waals surface area contributed by atoms with E-state index >= 15 is 0 Å². The molecule has 1 atom stereocenters. The van der Waals surface area contributed by atoms with Gasteiger partial charge in [0.25, 0.3) is 5.91 Å². The summed E-state index contributed by atoms with van der Waals surface area (Å²) in [5, 5.41) is 12.5. The lowest BCUT2D eigenvalue weighted by atomic mass is 10.1. The summed E-state index contributed by atoms with van der Waals surface area (Å²) in [4.78, 5) is 16.1. The van der Waals surface area contributed by atoms with Crippen molar-refractivity contribution in [3.05, 3.63) is 59.3 Å². The highest BCUT2D eigenvalue weighted by molar-refractivity contribution is 5.96. The zero-order valence-corrected chi connectivity index (χ0v) is 12.4. The molecule has 1 heterocycles. The van der Waals surface area contributed by atoms with Gasteiger partial charge in [-0.3, -0.25) is 4.79 Å². The predicted octanol–water partition coefficient (Wildman–Crippen LogP) is 2.22. The summed E-state index contributed by atoms with van der Waals surface area (Å²) in [6.07, 6.45) is 0.332. The number of hydrogen-bond donors (Lipinski definition) is 2. The van der Waals surface area contributed by atoms with Crippen molar-refractivity contribution < 1.29 is 23.4 Å². The van der Waals surface area contributed by atoms with Crippen molar-refractivity contribution in [3.63, 3.8) is 0 Å². The van der Waals surface area contributed by atoms with Gasteiger partial charge < -0.3 is 15.2 Å². The van der Waals surface area contributed by atoms with Crippen LogP contribution in [0.3, 0.4) is 0 Å². The fourth-order valence-electron chi connectivity index (χ4n) is 1.94. The first kappa shape index (κ1) is 16.8. The molecule has 0 bridgehead atoms. The molecule has 0 radical (unpaired) electrons. The quantitative estimate of drug-likeness (QED) is 0.855. The Morgan fingerprint density at radius 2 is 2.13 bits per heavy atom. The summed E-state index contributed by atoms with van der Waals surface area (Å²) < 4.78 is 31.3. The van der Waals surface area contributed by atoms with Gasteiger partial charge in [-0.05, 0) is 36.8 Å². The van der Waals surface area contributed by atoms with Crippen molar-refractivity contribution in [3.8, 4) is 5.88 Å². The van der Waals surface area contributed by atoms with Crippen molar-refractivity contribution >= 4 is 5.91 Å². The van der Waals surface area contributed by atoms with Crippen LogP contribution >= 0.6 is 0 Å². The fraction of sp³-hybridized carbons (Fsp3) is 0.250. The first-order chi connectivity index (χ1) is 11.0. The van der Waals surface area contributed by atoms with Crippen LogP contribution < -0.4 is 10.1 Å². The molecule has 0 spiro atoms. The van der Waals surface area contributed by atoms with Crippen LogP contribution in [0.4, 0.5) is 8.78 Å². The summed E-state index contributed by atoms with van der Waals surface area (Å²) in [5.41, 5.74) is 0.396. The van der Waals surface area contributed by atoms with Crippen LogP contribution in [0.1, 0.15) is 28.9 Å². The van der Waals surface area contributed by atoms with Crippen LogP contribution in [-0.2, 0) is 0 Å². The Labute approximate surface area is 131 Å². The number of pyridine rings is 1. The molecule has 2 aromatic rings. The van der Waals surface area contributed by atoms with Gasteiger partial charge in [0.15, 0.2) is 11.6 Å². The second kappa shape index (κ2) is 7.64. The van der Waals surface area contributed by atoms with Gasteiger partial charge in [0.2, 0.25) is 5.88 Å². The van der Waals surface area contributed by atoms with Gasteiger partial charge in [0, 0.05) is 12.7 Å². The molecule has 2 rings (SSSR count). The number of nitrogens with zero attached hydrogens (tertiary/aromatic N) is 1. The lowest BCUT2D eigenvalue weighted by Gasteiger charge is -2.13. The molecular formula is C16H16F2N2O3. The van der Waals surface area contributed by atoms with E-state index in [1.165, 1.54) is 18.3 Å². The number of benzene rings is 1. The average Bonchev–Trinajstić information content (AvgIpc) is 2.55. The third-order valence-corrected chi connectivity index (χ3v) is 3.08. The Hall–Kier alpha value is -2.54. The molecule has 0 aliphatic heterocycles. The summed E-state index contributed by atoms with van der Waals surface area (Å²) >= 11 is 0. The van der Waals surface area contributed by atoms with E-state index in [1.54, 1.807) is 13.0 Å². The number of carbonyl (C=O) groups is 1. The summed E-state index contributed by atoms with van der Waals surface area (Å²) in [7, 11) is 0. The van der Waals surface area contributed by atoms with Crippen LogP contribution in [0, 0.1) is 11.6 Å². The third kappa shape index (κ3) is 4.23. The topological polar surface area (TPSA) is 71.5 Å². The van der Waals surface area contributed by atoms with Crippen LogP contribution in [0.5, 0.6) is 5.88 Å². The monoisotopic (exact) mass is 322 g/mol. The zero-order valence-electron chi connectivity index (χ0n) is 12.4. The molecule has 7 heteroatoms. The van der Waals surface area contributed by atoms with Crippen molar-refractivity contribution in [2.24, 2.45) is 0 Å². The molecule has 2 N–H and O–H groups in total. The maximum atomic E-state index is 13.1. The lowest BCUT2D eigenvalue weighted by molar-refractivity contribution is 0.0911. The van der Waals surface area contributed by atoms with Crippen LogP contribution in [0.2, 0.25) is 0 Å². The molecule has 23 heavy (non-hydrogen) atoms. The highest BCUT2D eigenvalue weighted by Crippen LogP contribution is 2.17. The summed E-state index contributed by atoms with van der Waals surface area (Å²) in [6, 6.07) is 6.19. The van der Waals surface area contributed by atoms with Gasteiger partial charge in [-0.15, -0.1) is 0 Å². The molecule has 1 unspecified atom stereocenters. The average molecular weight is 322 g/mol. The molecular weight excluding hydrogens is 306 g/mol. The van der Waals surface area contributed by atoms with Crippen LogP contribution in [-0.4, -0.2) is 29.1 Å². The standard InChI is InChI=1S/C16H16F2N2O3/c1-2-23-16-11(4-3-7-19-16)15(22)20-9-14(21)10-5-6-12(17)13(18)8-10/h3-8,14,21H,2,9H2,1H3,(H,20,22). The number of rotatable bonds is 6. The molecule has 0 fully saturated rings. The molecule has 0 aliphatic carbocycles. The van der Waals surface area contributed by atoms with Gasteiger partial charge in [0.05, 0.1) is 12.7 Å². The Bertz CT molecular complexity index is 695. The Morgan fingerprint density at radius 3 is 2.83 bits per heavy atom. The third-order valence-electron chi connectivity index (χ3n) is 3.08. The summed E-state index contributed by atoms with van der Waals surface area (Å²) in [5.74, 6) is -2.35. The Kier molecular flexibility index (Phi) is 5.59. The molecule has 1 aromatic carbocycles. The maximum Gasteiger partial charge on any atom is 0.256 e. The Balaban J connectivity index is 2.02. The van der Waals surface area contributed by atoms with E-state index in [2.05, 4.69) is 10.3 Å². The van der Waals surface area contributed by atoms with Crippen LogP contribution in [0.25, 0.3) is 0 Å². The molecule has 0 saturated carbocycles. The van der Waals surface area contributed by atoms with Gasteiger partial charge >= 0.3 is 0 Å². The van der Waals surface area contributed by atoms with Crippen molar-refractivity contribution in [2.45, 2.75) is 13.0 Å². The number of hydrogen-bond acceptors (Lipinski definition) is 4. The number of ether oxygens (including phenoxy) is 1. The normalized spacial score (nSPS) is 11.8. The Morgan fingerprint density at radius 1 is 1.35 bits per heavy atom. The highest BCUT2D eigenvalue weighted by Gasteiger charge is 2.16. The summed E-state index contributed by atoms with van der Waals surface area (Å²) in [6.45, 7) is 1.96. The maximum absolute atomic E-state index is 13.1. The highest BCUT2D eigenvalue weighted by atomic mass is 19.2. The number of aromatic nitrogens is 1. The van der Waals surface area contributed by atoms with E-state index < -0.39 is 23.6 Å². The second-order valence-corrected chi connectivity index (χ2v) is 4.69. The zero-order chi connectivity index (χ0) is 16.8. The number of nitrogens with one attached hydrogen (secondary N) is 1. The van der Waals surface area contributed by atoms with E-state index in [0.717, 1.165) is 12.1 Å². The minimum Gasteiger partial charge on any atom is -0.477 e. The van der Waals surface area contributed by atoms with E-state index in [4.69, 9.17) is 4.74 Å². The number of amides is 1. The first-order valence-corrected chi connectivity index (χ1v) is 7.02. The van der Waals surface area contributed by atoms with Crippen molar-refractivity contribution in [1.82, 2.24) is 10.3 Å². The van der Waals surface area contributed by atoms with Gasteiger partial charge in [0.1, 0.15) is 5.56 Å². The van der Waals surface area contributed by atoms with E-state index in [0.29, 0.717) is 6.61 Å². The van der Waals surface area contributed by atoms with E-state index in [-0.39, 0.29) is 23.6 Å². The van der Waals surface area contributed by atoms with Crippen LogP contribution in [0.15, 0.2) is 36.5 Å². The largest absolute Gasteiger partial charge is 0.477 e. The molecule has 122 valence electrons. The number of aliphatic hydroxyl groups is 1. The number of carbonyl (C=O) groups excluding carboxylic acids is 1. The number of halogens is 2. The minimum atomic E-state index is -1.17. The van der Waals surface area contributed by atoms with Gasteiger partial charge in [-0.25, -0.2) is 13.8 Å². The molecule has 1 amide bonds.